The number of nitrogens with zero attached hydrogens (tertiary/aromatic N) is 2. The van der Waals surface area contributed by atoms with Crippen LogP contribution in [0, 0.1) is 0 Å². The lowest BCUT2D eigenvalue weighted by Gasteiger charge is -2.29. The molecule has 0 spiro atoms. The quantitative estimate of drug-likeness (QED) is 0.717. The van der Waals surface area contributed by atoms with Crippen LogP contribution in [-0.4, -0.2) is 35.9 Å². The number of hydrogen-bond acceptors (Lipinski definition) is 4. The van der Waals surface area contributed by atoms with Crippen molar-refractivity contribution in [2.75, 3.05) is 18.0 Å². The van der Waals surface area contributed by atoms with Crippen molar-refractivity contribution in [2.24, 2.45) is 0 Å². The van der Waals surface area contributed by atoms with E-state index in [1.165, 1.54) is 4.90 Å². The minimum Gasteiger partial charge on any atom is -0.491 e. The van der Waals surface area contributed by atoms with Crippen LogP contribution in [0.5, 0.6) is 5.75 Å². The summed E-state index contributed by atoms with van der Waals surface area (Å²) in [5, 5.41) is 0. The normalized spacial score (nSPS) is 17.5. The summed E-state index contributed by atoms with van der Waals surface area (Å²) < 4.78 is 5.72. The average molecular weight is 390 g/mol. The fourth-order valence-corrected chi connectivity index (χ4v) is 3.97. The molecule has 2 aliphatic rings. The first-order valence-corrected chi connectivity index (χ1v) is 10.3. The zero-order chi connectivity index (χ0) is 20.4. The molecule has 0 N–H and O–H groups in total. The van der Waals surface area contributed by atoms with Crippen molar-refractivity contribution in [1.29, 1.82) is 0 Å². The number of rotatable bonds is 5. The molecule has 2 amide bonds. The second-order valence-electron chi connectivity index (χ2n) is 7.74. The summed E-state index contributed by atoms with van der Waals surface area (Å²) in [5.74, 6) is 0.250. The van der Waals surface area contributed by atoms with Crippen molar-refractivity contribution in [1.82, 2.24) is 4.90 Å². The SMILES string of the molecule is CC(C)Oc1ccc(C2=C(N3CCCCC3)C(=O)N(c3ccccc3)C2=O)cc1. The molecule has 0 bridgehead atoms. The predicted octanol–water partition coefficient (Wildman–Crippen LogP) is 4.24. The van der Waals surface area contributed by atoms with E-state index in [9.17, 15) is 9.59 Å². The van der Waals surface area contributed by atoms with Gasteiger partial charge in [-0.3, -0.25) is 9.59 Å². The van der Waals surface area contributed by atoms with E-state index in [2.05, 4.69) is 4.90 Å². The Morgan fingerprint density at radius 1 is 0.828 bits per heavy atom. The summed E-state index contributed by atoms with van der Waals surface area (Å²) in [4.78, 5) is 30.2. The first-order chi connectivity index (χ1) is 14.1. The molecule has 2 aliphatic heterocycles. The highest BCUT2D eigenvalue weighted by atomic mass is 16.5. The van der Waals surface area contributed by atoms with Crippen LogP contribution >= 0.6 is 0 Å². The fraction of sp³-hybridized carbons (Fsp3) is 0.333. The highest BCUT2D eigenvalue weighted by molar-refractivity contribution is 6.45. The van der Waals surface area contributed by atoms with E-state index in [1.807, 2.05) is 56.3 Å². The molecule has 5 nitrogen and oxygen atoms in total. The molecule has 0 saturated carbocycles. The molecular weight excluding hydrogens is 364 g/mol. The summed E-state index contributed by atoms with van der Waals surface area (Å²) >= 11 is 0. The first kappa shape index (κ1) is 19.2. The molecule has 0 aromatic heterocycles. The molecule has 1 fully saturated rings. The van der Waals surface area contributed by atoms with Crippen LogP contribution in [0.25, 0.3) is 5.57 Å². The summed E-state index contributed by atoms with van der Waals surface area (Å²) in [6.45, 7) is 5.55. The van der Waals surface area contributed by atoms with Crippen molar-refractivity contribution >= 4 is 23.1 Å². The molecule has 5 heteroatoms. The van der Waals surface area contributed by atoms with Crippen LogP contribution in [0.2, 0.25) is 0 Å². The maximum atomic E-state index is 13.4. The van der Waals surface area contributed by atoms with Gasteiger partial charge < -0.3 is 9.64 Å². The number of amides is 2. The molecule has 2 heterocycles. The lowest BCUT2D eigenvalue weighted by atomic mass is 10.0. The molecule has 0 aliphatic carbocycles. The van der Waals surface area contributed by atoms with Gasteiger partial charge in [0.05, 0.1) is 17.4 Å². The van der Waals surface area contributed by atoms with Crippen LogP contribution in [0.4, 0.5) is 5.69 Å². The van der Waals surface area contributed by atoms with E-state index in [0.29, 0.717) is 17.0 Å². The van der Waals surface area contributed by atoms with Crippen molar-refractivity contribution in [3.63, 3.8) is 0 Å². The highest BCUT2D eigenvalue weighted by Crippen LogP contribution is 2.36. The predicted molar refractivity (Wildman–Crippen MR) is 113 cm³/mol. The molecule has 29 heavy (non-hydrogen) atoms. The van der Waals surface area contributed by atoms with Crippen molar-refractivity contribution in [2.45, 2.75) is 39.2 Å². The largest absolute Gasteiger partial charge is 0.491 e. The van der Waals surface area contributed by atoms with E-state index in [0.717, 1.165) is 43.7 Å². The number of anilines is 1. The molecule has 1 saturated heterocycles. The van der Waals surface area contributed by atoms with E-state index in [1.54, 1.807) is 12.1 Å². The molecule has 2 aromatic rings. The monoisotopic (exact) mass is 390 g/mol. The fourth-order valence-electron chi connectivity index (χ4n) is 3.97. The van der Waals surface area contributed by atoms with Gasteiger partial charge in [-0.25, -0.2) is 4.90 Å². The van der Waals surface area contributed by atoms with Gasteiger partial charge in [0.15, 0.2) is 0 Å². The zero-order valence-corrected chi connectivity index (χ0v) is 16.9. The maximum Gasteiger partial charge on any atom is 0.282 e. The van der Waals surface area contributed by atoms with E-state index in [4.69, 9.17) is 4.74 Å². The van der Waals surface area contributed by atoms with E-state index >= 15 is 0 Å². The number of piperidine rings is 1. The number of imide groups is 1. The molecule has 4 rings (SSSR count). The number of carbonyl (C=O) groups excluding carboxylic acids is 2. The topological polar surface area (TPSA) is 49.9 Å². The number of para-hydroxylation sites is 1. The Bertz CT molecular complexity index is 926. The number of likely N-dealkylation sites (tertiary alicyclic amines) is 1. The standard InChI is InChI=1S/C24H26N2O3/c1-17(2)29-20-13-11-18(12-14-20)21-22(25-15-7-4-8-16-25)24(28)26(23(21)27)19-9-5-3-6-10-19/h3,5-6,9-14,17H,4,7-8,15-16H2,1-2H3. The van der Waals surface area contributed by atoms with Gasteiger partial charge in [-0.1, -0.05) is 30.3 Å². The molecule has 2 aromatic carbocycles. The van der Waals surface area contributed by atoms with Gasteiger partial charge in [0, 0.05) is 13.1 Å². The highest BCUT2D eigenvalue weighted by Gasteiger charge is 2.42. The van der Waals surface area contributed by atoms with Gasteiger partial charge in [-0.15, -0.1) is 0 Å². The van der Waals surface area contributed by atoms with Crippen LogP contribution in [-0.2, 0) is 9.59 Å². The Labute approximate surface area is 171 Å². The number of benzene rings is 2. The number of ether oxygens (including phenoxy) is 1. The summed E-state index contributed by atoms with van der Waals surface area (Å²) in [7, 11) is 0. The van der Waals surface area contributed by atoms with Crippen LogP contribution in [0.3, 0.4) is 0 Å². The molecule has 0 atom stereocenters. The third-order valence-electron chi connectivity index (χ3n) is 5.26. The van der Waals surface area contributed by atoms with Crippen LogP contribution in [0.15, 0.2) is 60.3 Å². The Kier molecular flexibility index (Phi) is 5.38. The summed E-state index contributed by atoms with van der Waals surface area (Å²) in [5.41, 5.74) is 2.36. The smallest absolute Gasteiger partial charge is 0.282 e. The van der Waals surface area contributed by atoms with Gasteiger partial charge in [-0.05, 0) is 62.9 Å². The van der Waals surface area contributed by atoms with Gasteiger partial charge in [-0.2, -0.15) is 0 Å². The second kappa shape index (κ2) is 8.11. The van der Waals surface area contributed by atoms with Crippen molar-refractivity contribution in [3.05, 3.63) is 65.9 Å². The minimum absolute atomic E-state index is 0.0761. The molecule has 0 unspecified atom stereocenters. The second-order valence-corrected chi connectivity index (χ2v) is 7.74. The third kappa shape index (κ3) is 3.77. The van der Waals surface area contributed by atoms with E-state index < -0.39 is 0 Å². The van der Waals surface area contributed by atoms with Gasteiger partial charge in [0.25, 0.3) is 11.8 Å². The number of carbonyl (C=O) groups is 2. The first-order valence-electron chi connectivity index (χ1n) is 10.3. The summed E-state index contributed by atoms with van der Waals surface area (Å²) in [6.07, 6.45) is 3.30. The van der Waals surface area contributed by atoms with Crippen molar-refractivity contribution < 1.29 is 14.3 Å². The Morgan fingerprint density at radius 2 is 1.48 bits per heavy atom. The van der Waals surface area contributed by atoms with E-state index in [-0.39, 0.29) is 17.9 Å². The molecular formula is C24H26N2O3. The Morgan fingerprint density at radius 3 is 2.10 bits per heavy atom. The minimum atomic E-state index is -0.265. The maximum absolute atomic E-state index is 13.4. The zero-order valence-electron chi connectivity index (χ0n) is 16.9. The Balaban J connectivity index is 1.76. The van der Waals surface area contributed by atoms with Gasteiger partial charge >= 0.3 is 0 Å². The lowest BCUT2D eigenvalue weighted by Crippen LogP contribution is -2.37. The summed E-state index contributed by atoms with van der Waals surface area (Å²) in [6, 6.07) is 16.6. The molecule has 0 radical (unpaired) electrons. The third-order valence-corrected chi connectivity index (χ3v) is 5.26. The molecule has 150 valence electrons. The van der Waals surface area contributed by atoms with Gasteiger partial charge in [0.1, 0.15) is 11.4 Å². The Hall–Kier alpha value is -3.08. The van der Waals surface area contributed by atoms with Gasteiger partial charge in [0.2, 0.25) is 0 Å². The van der Waals surface area contributed by atoms with Crippen molar-refractivity contribution in [3.8, 4) is 5.75 Å². The van der Waals surface area contributed by atoms with Crippen LogP contribution < -0.4 is 9.64 Å². The lowest BCUT2D eigenvalue weighted by molar-refractivity contribution is -0.120. The number of hydrogen-bond donors (Lipinski definition) is 0. The van der Waals surface area contributed by atoms with Crippen LogP contribution in [0.1, 0.15) is 38.7 Å². The average Bonchev–Trinajstić information content (AvgIpc) is 2.99.